The van der Waals surface area contributed by atoms with Crippen molar-refractivity contribution in [2.45, 2.75) is 13.0 Å². The largest absolute Gasteiger partial charge is 0.494 e. The van der Waals surface area contributed by atoms with Crippen LogP contribution in [0, 0.1) is 0 Å². The van der Waals surface area contributed by atoms with Gasteiger partial charge in [0.1, 0.15) is 5.75 Å². The van der Waals surface area contributed by atoms with Crippen LogP contribution < -0.4 is 15.4 Å². The molecule has 0 radical (unpaired) electrons. The molecule has 5 heteroatoms. The molecule has 0 aliphatic heterocycles. The van der Waals surface area contributed by atoms with Gasteiger partial charge in [-0.1, -0.05) is 46.3 Å². The lowest BCUT2D eigenvalue weighted by atomic mass is 10.2. The predicted octanol–water partition coefficient (Wildman–Crippen LogP) is 3.72. The van der Waals surface area contributed by atoms with Crippen molar-refractivity contribution in [2.75, 3.05) is 13.2 Å². The van der Waals surface area contributed by atoms with Gasteiger partial charge in [-0.15, -0.1) is 0 Å². The van der Waals surface area contributed by atoms with Gasteiger partial charge in [-0.2, -0.15) is 0 Å². The Morgan fingerprint density at radius 1 is 1.05 bits per heavy atom. The molecule has 0 bridgehead atoms. The molecule has 116 valence electrons. The molecule has 0 saturated carbocycles. The minimum Gasteiger partial charge on any atom is -0.494 e. The number of carbonyl (C=O) groups excluding carboxylic acids is 1. The Labute approximate surface area is 139 Å². The molecule has 2 amide bonds. The van der Waals surface area contributed by atoms with Crippen LogP contribution in [0.2, 0.25) is 0 Å². The molecule has 2 aromatic rings. The summed E-state index contributed by atoms with van der Waals surface area (Å²) < 4.78 is 6.56. The molecule has 0 saturated heterocycles. The zero-order valence-corrected chi connectivity index (χ0v) is 13.8. The summed E-state index contributed by atoms with van der Waals surface area (Å²) >= 11 is 3.41. The molecule has 0 aliphatic rings. The van der Waals surface area contributed by atoms with E-state index >= 15 is 0 Å². The zero-order chi connectivity index (χ0) is 15.6. The number of ether oxygens (including phenoxy) is 1. The maximum atomic E-state index is 11.7. The molecule has 0 heterocycles. The van der Waals surface area contributed by atoms with Gasteiger partial charge in [0, 0.05) is 17.6 Å². The summed E-state index contributed by atoms with van der Waals surface area (Å²) in [5, 5.41) is 5.64. The Bertz CT molecular complexity index is 590. The van der Waals surface area contributed by atoms with E-state index in [2.05, 4.69) is 26.6 Å². The summed E-state index contributed by atoms with van der Waals surface area (Å²) in [5.41, 5.74) is 1.05. The number of carbonyl (C=O) groups is 1. The summed E-state index contributed by atoms with van der Waals surface area (Å²) in [6, 6.07) is 17.3. The molecule has 2 N–H and O–H groups in total. The quantitative estimate of drug-likeness (QED) is 0.737. The maximum absolute atomic E-state index is 11.7. The number of benzene rings is 2. The van der Waals surface area contributed by atoms with Gasteiger partial charge in [0.15, 0.2) is 0 Å². The summed E-state index contributed by atoms with van der Waals surface area (Å²) in [6.07, 6.45) is 0.763. The van der Waals surface area contributed by atoms with E-state index in [0.717, 1.165) is 22.2 Å². The summed E-state index contributed by atoms with van der Waals surface area (Å²) in [5.74, 6) is 0.849. The van der Waals surface area contributed by atoms with Crippen LogP contribution in [0.25, 0.3) is 0 Å². The molecular formula is C17H19BrN2O2. The molecule has 0 unspecified atom stereocenters. The molecule has 0 aromatic heterocycles. The molecule has 2 aromatic carbocycles. The van der Waals surface area contributed by atoms with Crippen molar-refractivity contribution < 1.29 is 9.53 Å². The van der Waals surface area contributed by atoms with E-state index in [4.69, 9.17) is 4.74 Å². The lowest BCUT2D eigenvalue weighted by molar-refractivity contribution is 0.238. The first kappa shape index (κ1) is 16.4. The minimum absolute atomic E-state index is 0.167. The van der Waals surface area contributed by atoms with Crippen LogP contribution in [0.4, 0.5) is 4.79 Å². The Morgan fingerprint density at radius 2 is 1.86 bits per heavy atom. The molecule has 2 rings (SSSR count). The zero-order valence-electron chi connectivity index (χ0n) is 12.2. The fourth-order valence-corrected chi connectivity index (χ4v) is 2.32. The summed E-state index contributed by atoms with van der Waals surface area (Å²) in [4.78, 5) is 11.7. The highest BCUT2D eigenvalue weighted by atomic mass is 79.9. The second kappa shape index (κ2) is 9.10. The third kappa shape index (κ3) is 6.18. The van der Waals surface area contributed by atoms with Gasteiger partial charge < -0.3 is 15.4 Å². The molecule has 0 atom stereocenters. The predicted molar refractivity (Wildman–Crippen MR) is 90.9 cm³/mol. The Balaban J connectivity index is 1.56. The second-order valence-electron chi connectivity index (χ2n) is 4.75. The van der Waals surface area contributed by atoms with E-state index in [9.17, 15) is 4.79 Å². The van der Waals surface area contributed by atoms with Crippen LogP contribution in [0.15, 0.2) is 59.1 Å². The molecule has 0 fully saturated rings. The van der Waals surface area contributed by atoms with Crippen LogP contribution in [-0.2, 0) is 6.54 Å². The molecule has 4 nitrogen and oxygen atoms in total. The van der Waals surface area contributed by atoms with Gasteiger partial charge >= 0.3 is 6.03 Å². The highest BCUT2D eigenvalue weighted by Crippen LogP contribution is 2.11. The van der Waals surface area contributed by atoms with Crippen molar-refractivity contribution in [3.63, 3.8) is 0 Å². The van der Waals surface area contributed by atoms with Crippen molar-refractivity contribution in [1.29, 1.82) is 0 Å². The van der Waals surface area contributed by atoms with E-state index in [0.29, 0.717) is 19.7 Å². The first-order valence-corrected chi connectivity index (χ1v) is 7.97. The highest BCUT2D eigenvalue weighted by molar-refractivity contribution is 9.10. The summed E-state index contributed by atoms with van der Waals surface area (Å²) in [6.45, 7) is 1.67. The van der Waals surface area contributed by atoms with Crippen molar-refractivity contribution in [3.8, 4) is 5.75 Å². The minimum atomic E-state index is -0.167. The topological polar surface area (TPSA) is 50.4 Å². The first-order chi connectivity index (χ1) is 10.7. The van der Waals surface area contributed by atoms with Crippen LogP contribution in [-0.4, -0.2) is 19.2 Å². The number of rotatable bonds is 7. The number of para-hydroxylation sites is 1. The number of halogens is 1. The second-order valence-corrected chi connectivity index (χ2v) is 5.67. The van der Waals surface area contributed by atoms with Crippen molar-refractivity contribution >= 4 is 22.0 Å². The number of hydrogen-bond donors (Lipinski definition) is 2. The van der Waals surface area contributed by atoms with Crippen molar-refractivity contribution in [1.82, 2.24) is 10.6 Å². The van der Waals surface area contributed by atoms with Crippen LogP contribution in [0.3, 0.4) is 0 Å². The Morgan fingerprint density at radius 3 is 2.64 bits per heavy atom. The SMILES string of the molecule is O=C(NCCCOc1ccccc1)NCc1cccc(Br)c1. The van der Waals surface area contributed by atoms with Gasteiger partial charge in [-0.25, -0.2) is 4.79 Å². The molecule has 0 aliphatic carbocycles. The molecular weight excluding hydrogens is 344 g/mol. The number of hydrogen-bond acceptors (Lipinski definition) is 2. The molecule has 22 heavy (non-hydrogen) atoms. The summed E-state index contributed by atoms with van der Waals surface area (Å²) in [7, 11) is 0. The third-order valence-electron chi connectivity index (χ3n) is 2.96. The van der Waals surface area contributed by atoms with Crippen LogP contribution in [0.5, 0.6) is 5.75 Å². The maximum Gasteiger partial charge on any atom is 0.315 e. The van der Waals surface area contributed by atoms with Crippen molar-refractivity contribution in [3.05, 3.63) is 64.6 Å². The van der Waals surface area contributed by atoms with E-state index < -0.39 is 0 Å². The molecule has 0 spiro atoms. The normalized spacial score (nSPS) is 10.0. The van der Waals surface area contributed by atoms with Crippen molar-refractivity contribution in [2.24, 2.45) is 0 Å². The monoisotopic (exact) mass is 362 g/mol. The fourth-order valence-electron chi connectivity index (χ4n) is 1.87. The van der Waals surface area contributed by atoms with Gasteiger partial charge in [0.2, 0.25) is 0 Å². The standard InChI is InChI=1S/C17H19BrN2O2/c18-15-7-4-6-14(12-15)13-20-17(21)19-10-5-11-22-16-8-2-1-3-9-16/h1-4,6-9,12H,5,10-11,13H2,(H2,19,20,21). The first-order valence-electron chi connectivity index (χ1n) is 7.18. The lowest BCUT2D eigenvalue weighted by Crippen LogP contribution is -2.36. The third-order valence-corrected chi connectivity index (χ3v) is 3.45. The van der Waals surface area contributed by atoms with Gasteiger partial charge in [0.05, 0.1) is 6.61 Å². The van der Waals surface area contributed by atoms with E-state index in [1.165, 1.54) is 0 Å². The van der Waals surface area contributed by atoms with Gasteiger partial charge in [-0.3, -0.25) is 0 Å². The Kier molecular flexibility index (Phi) is 6.77. The van der Waals surface area contributed by atoms with E-state index in [-0.39, 0.29) is 6.03 Å². The highest BCUT2D eigenvalue weighted by Gasteiger charge is 2.00. The van der Waals surface area contributed by atoms with Crippen LogP contribution in [0.1, 0.15) is 12.0 Å². The number of nitrogens with one attached hydrogen (secondary N) is 2. The van der Waals surface area contributed by atoms with Gasteiger partial charge in [-0.05, 0) is 36.2 Å². The van der Waals surface area contributed by atoms with Crippen LogP contribution >= 0.6 is 15.9 Å². The average molecular weight is 363 g/mol. The fraction of sp³-hybridized carbons (Fsp3) is 0.235. The smallest absolute Gasteiger partial charge is 0.315 e. The van der Waals surface area contributed by atoms with Gasteiger partial charge in [0.25, 0.3) is 0 Å². The number of amides is 2. The Hall–Kier alpha value is -2.01. The lowest BCUT2D eigenvalue weighted by Gasteiger charge is -2.09. The average Bonchev–Trinajstić information content (AvgIpc) is 2.54. The van der Waals surface area contributed by atoms with E-state index in [1.54, 1.807) is 0 Å². The number of urea groups is 1. The van der Waals surface area contributed by atoms with E-state index in [1.807, 2.05) is 54.6 Å².